The van der Waals surface area contributed by atoms with Crippen LogP contribution in [0, 0.1) is 5.41 Å². The fourth-order valence-corrected chi connectivity index (χ4v) is 1.59. The van der Waals surface area contributed by atoms with Crippen LogP contribution in [0.25, 0.3) is 0 Å². The predicted octanol–water partition coefficient (Wildman–Crippen LogP) is 1.13. The summed E-state index contributed by atoms with van der Waals surface area (Å²) in [6, 6.07) is -0.0933. The number of carboxylic acids is 1. The topological polar surface area (TPSA) is 81.7 Å². The van der Waals surface area contributed by atoms with Crippen LogP contribution in [0.5, 0.6) is 0 Å². The van der Waals surface area contributed by atoms with Crippen LogP contribution in [0.1, 0.15) is 33.1 Å². The van der Waals surface area contributed by atoms with Crippen molar-refractivity contribution in [2.75, 3.05) is 33.7 Å². The van der Waals surface area contributed by atoms with E-state index in [4.69, 9.17) is 5.11 Å². The van der Waals surface area contributed by atoms with Crippen molar-refractivity contribution in [3.8, 4) is 0 Å². The molecule has 0 aromatic rings. The lowest BCUT2D eigenvalue weighted by atomic mass is 9.84. The molecule has 0 saturated carbocycles. The van der Waals surface area contributed by atoms with Gasteiger partial charge in [0.05, 0.1) is 0 Å². The van der Waals surface area contributed by atoms with E-state index < -0.39 is 5.97 Å². The van der Waals surface area contributed by atoms with E-state index >= 15 is 0 Å². The molecule has 2 amide bonds. The average molecular weight is 273 g/mol. The molecule has 0 aliphatic heterocycles. The zero-order valence-electron chi connectivity index (χ0n) is 12.5. The van der Waals surface area contributed by atoms with Gasteiger partial charge in [0.25, 0.3) is 0 Å². The second-order valence-corrected chi connectivity index (χ2v) is 5.56. The number of aliphatic carboxylic acids is 1. The fraction of sp³-hybridized carbons (Fsp3) is 0.846. The van der Waals surface area contributed by atoms with Crippen LogP contribution in [-0.2, 0) is 4.79 Å². The summed E-state index contributed by atoms with van der Waals surface area (Å²) >= 11 is 0. The first-order valence-electron chi connectivity index (χ1n) is 6.64. The Labute approximate surface area is 115 Å². The van der Waals surface area contributed by atoms with Crippen molar-refractivity contribution in [2.45, 2.75) is 33.1 Å². The van der Waals surface area contributed by atoms with Crippen molar-refractivity contribution in [1.29, 1.82) is 0 Å². The Morgan fingerprint density at radius 3 is 2.37 bits per heavy atom. The summed E-state index contributed by atoms with van der Waals surface area (Å²) in [6.45, 7) is 6.02. The molecule has 0 unspecified atom stereocenters. The van der Waals surface area contributed by atoms with Gasteiger partial charge in [-0.3, -0.25) is 4.79 Å². The number of hydrogen-bond acceptors (Lipinski definition) is 3. The number of likely N-dealkylation sites (N-methyl/N-ethyl adjacent to an activating group) is 2. The van der Waals surface area contributed by atoms with Gasteiger partial charge in [0.15, 0.2) is 0 Å². The first kappa shape index (κ1) is 17.7. The minimum atomic E-state index is -0.774. The molecule has 19 heavy (non-hydrogen) atoms. The first-order valence-corrected chi connectivity index (χ1v) is 6.64. The Morgan fingerprint density at radius 2 is 1.84 bits per heavy atom. The first-order chi connectivity index (χ1) is 8.78. The van der Waals surface area contributed by atoms with Crippen LogP contribution < -0.4 is 10.6 Å². The molecule has 0 radical (unpaired) electrons. The standard InChI is InChI=1S/C13H27N3O3/c1-13(2,6-5-11(17)18)7-8-15-12(19)16(4)10-9-14-3/h14H,5-10H2,1-4H3,(H,15,19)(H,17,18). The molecule has 0 aliphatic rings. The number of hydrogen-bond donors (Lipinski definition) is 3. The number of nitrogens with one attached hydrogen (secondary N) is 2. The summed E-state index contributed by atoms with van der Waals surface area (Å²) in [5.74, 6) is -0.774. The van der Waals surface area contributed by atoms with Gasteiger partial charge in [-0.1, -0.05) is 13.8 Å². The quantitative estimate of drug-likeness (QED) is 0.588. The van der Waals surface area contributed by atoms with Gasteiger partial charge in [0, 0.05) is 33.1 Å². The maximum Gasteiger partial charge on any atom is 0.317 e. The summed E-state index contributed by atoms with van der Waals surface area (Å²) in [4.78, 5) is 23.9. The van der Waals surface area contributed by atoms with Gasteiger partial charge in [-0.15, -0.1) is 0 Å². The highest BCUT2D eigenvalue weighted by Crippen LogP contribution is 2.25. The van der Waals surface area contributed by atoms with Crippen molar-refractivity contribution >= 4 is 12.0 Å². The minimum Gasteiger partial charge on any atom is -0.481 e. The molecule has 0 aliphatic carbocycles. The number of carbonyl (C=O) groups excluding carboxylic acids is 1. The Morgan fingerprint density at radius 1 is 1.21 bits per heavy atom. The molecule has 0 aromatic carbocycles. The number of nitrogens with zero attached hydrogens (tertiary/aromatic N) is 1. The number of carbonyl (C=O) groups is 2. The minimum absolute atomic E-state index is 0.0742. The number of urea groups is 1. The smallest absolute Gasteiger partial charge is 0.317 e. The van der Waals surface area contributed by atoms with E-state index in [1.807, 2.05) is 20.9 Å². The number of rotatable bonds is 9. The van der Waals surface area contributed by atoms with E-state index in [9.17, 15) is 9.59 Å². The molecule has 0 fully saturated rings. The Bertz CT molecular complexity index is 293. The molecule has 6 heteroatoms. The second-order valence-electron chi connectivity index (χ2n) is 5.56. The van der Waals surface area contributed by atoms with Crippen molar-refractivity contribution in [2.24, 2.45) is 5.41 Å². The molecule has 0 spiro atoms. The van der Waals surface area contributed by atoms with Gasteiger partial charge in [-0.05, 0) is 25.3 Å². The number of carboxylic acid groups (broad SMARTS) is 1. The lowest BCUT2D eigenvalue weighted by Gasteiger charge is -2.25. The zero-order chi connectivity index (χ0) is 14.9. The van der Waals surface area contributed by atoms with Crippen molar-refractivity contribution in [1.82, 2.24) is 15.5 Å². The zero-order valence-corrected chi connectivity index (χ0v) is 12.5. The Kier molecular flexibility index (Phi) is 8.14. The van der Waals surface area contributed by atoms with Gasteiger partial charge in [-0.2, -0.15) is 0 Å². The van der Waals surface area contributed by atoms with Crippen LogP contribution in [0.3, 0.4) is 0 Å². The molecule has 112 valence electrons. The molecule has 0 atom stereocenters. The third-order valence-electron chi connectivity index (χ3n) is 3.14. The average Bonchev–Trinajstić information content (AvgIpc) is 2.33. The van der Waals surface area contributed by atoms with E-state index in [1.165, 1.54) is 0 Å². The summed E-state index contributed by atoms with van der Waals surface area (Å²) < 4.78 is 0. The van der Waals surface area contributed by atoms with Gasteiger partial charge in [0.1, 0.15) is 0 Å². The molecule has 0 bridgehead atoms. The van der Waals surface area contributed by atoms with Crippen LogP contribution in [0.15, 0.2) is 0 Å². The molecule has 0 saturated heterocycles. The molecule has 3 N–H and O–H groups in total. The third kappa shape index (κ3) is 9.30. The SMILES string of the molecule is CNCCN(C)C(=O)NCCC(C)(C)CCC(=O)O. The Hall–Kier alpha value is -1.30. The molecule has 0 heterocycles. The van der Waals surface area contributed by atoms with Crippen molar-refractivity contribution < 1.29 is 14.7 Å². The monoisotopic (exact) mass is 273 g/mol. The molecule has 6 nitrogen and oxygen atoms in total. The van der Waals surface area contributed by atoms with Gasteiger partial charge in [0.2, 0.25) is 0 Å². The van der Waals surface area contributed by atoms with E-state index in [1.54, 1.807) is 11.9 Å². The van der Waals surface area contributed by atoms with E-state index in [2.05, 4.69) is 10.6 Å². The number of amides is 2. The molecule has 0 rings (SSSR count). The molecular formula is C13H27N3O3. The molecule has 0 aromatic heterocycles. The lowest BCUT2D eigenvalue weighted by Crippen LogP contribution is -2.41. The predicted molar refractivity (Wildman–Crippen MR) is 75.2 cm³/mol. The second kappa shape index (κ2) is 8.74. The summed E-state index contributed by atoms with van der Waals surface area (Å²) in [7, 11) is 3.60. The van der Waals surface area contributed by atoms with E-state index in [0.717, 1.165) is 13.0 Å². The van der Waals surface area contributed by atoms with Gasteiger partial charge >= 0.3 is 12.0 Å². The summed E-state index contributed by atoms with van der Waals surface area (Å²) in [6.07, 6.45) is 1.56. The maximum absolute atomic E-state index is 11.7. The summed E-state index contributed by atoms with van der Waals surface area (Å²) in [5.41, 5.74) is -0.0742. The maximum atomic E-state index is 11.7. The highest BCUT2D eigenvalue weighted by molar-refractivity contribution is 5.73. The normalized spacial score (nSPS) is 11.2. The van der Waals surface area contributed by atoms with Gasteiger partial charge < -0.3 is 20.6 Å². The van der Waals surface area contributed by atoms with Crippen molar-refractivity contribution in [3.63, 3.8) is 0 Å². The van der Waals surface area contributed by atoms with Crippen LogP contribution in [0.2, 0.25) is 0 Å². The Balaban J connectivity index is 3.87. The van der Waals surface area contributed by atoms with Crippen molar-refractivity contribution in [3.05, 3.63) is 0 Å². The third-order valence-corrected chi connectivity index (χ3v) is 3.14. The van der Waals surface area contributed by atoms with Crippen LogP contribution in [-0.4, -0.2) is 55.7 Å². The lowest BCUT2D eigenvalue weighted by molar-refractivity contribution is -0.137. The van der Waals surface area contributed by atoms with Gasteiger partial charge in [-0.25, -0.2) is 4.79 Å². The van der Waals surface area contributed by atoms with E-state index in [0.29, 0.717) is 19.5 Å². The van der Waals surface area contributed by atoms with E-state index in [-0.39, 0.29) is 17.9 Å². The van der Waals surface area contributed by atoms with Crippen LogP contribution >= 0.6 is 0 Å². The highest BCUT2D eigenvalue weighted by Gasteiger charge is 2.19. The molecular weight excluding hydrogens is 246 g/mol. The van der Waals surface area contributed by atoms with Crippen LogP contribution in [0.4, 0.5) is 4.79 Å². The fourth-order valence-electron chi connectivity index (χ4n) is 1.59. The largest absolute Gasteiger partial charge is 0.481 e. The highest BCUT2D eigenvalue weighted by atomic mass is 16.4. The summed E-state index contributed by atoms with van der Waals surface area (Å²) in [5, 5.41) is 14.5.